The summed E-state index contributed by atoms with van der Waals surface area (Å²) in [6.45, 7) is 0. The summed E-state index contributed by atoms with van der Waals surface area (Å²) in [6, 6.07) is 8.70. The van der Waals surface area contributed by atoms with E-state index < -0.39 is 10.0 Å². The van der Waals surface area contributed by atoms with Crippen LogP contribution in [0.4, 0.5) is 5.69 Å². The number of nitrogens with one attached hydrogen (secondary N) is 1. The van der Waals surface area contributed by atoms with Crippen molar-refractivity contribution in [2.45, 2.75) is 0 Å². The SMILES string of the molecule is O=S(=O)(CS)Nc1ccccc1. The molecule has 0 aliphatic carbocycles. The van der Waals surface area contributed by atoms with Crippen LogP contribution in [0.5, 0.6) is 0 Å². The molecule has 0 aliphatic rings. The first-order valence-electron chi connectivity index (χ1n) is 3.30. The molecule has 1 rings (SSSR count). The van der Waals surface area contributed by atoms with E-state index in [0.717, 1.165) is 0 Å². The van der Waals surface area contributed by atoms with Crippen LogP contribution in [0.2, 0.25) is 0 Å². The van der Waals surface area contributed by atoms with E-state index in [4.69, 9.17) is 0 Å². The normalized spacial score (nSPS) is 11.1. The Kier molecular flexibility index (Phi) is 2.99. The van der Waals surface area contributed by atoms with Crippen LogP contribution in [0.1, 0.15) is 0 Å². The maximum absolute atomic E-state index is 11.0. The first-order valence-corrected chi connectivity index (χ1v) is 5.59. The lowest BCUT2D eigenvalue weighted by Gasteiger charge is -2.03. The molecular weight excluding hydrogens is 194 g/mol. The van der Waals surface area contributed by atoms with Crippen LogP contribution >= 0.6 is 12.6 Å². The number of sulfonamides is 1. The van der Waals surface area contributed by atoms with Crippen LogP contribution in [-0.2, 0) is 10.0 Å². The van der Waals surface area contributed by atoms with Crippen molar-refractivity contribution in [1.82, 2.24) is 0 Å². The number of thiol groups is 1. The molecule has 0 spiro atoms. The van der Waals surface area contributed by atoms with Crippen molar-refractivity contribution in [1.29, 1.82) is 0 Å². The first-order chi connectivity index (χ1) is 5.64. The first kappa shape index (κ1) is 9.41. The van der Waals surface area contributed by atoms with Crippen molar-refractivity contribution in [3.63, 3.8) is 0 Å². The van der Waals surface area contributed by atoms with Crippen LogP contribution in [-0.4, -0.2) is 13.5 Å². The lowest BCUT2D eigenvalue weighted by atomic mass is 10.3. The smallest absolute Gasteiger partial charge is 0.241 e. The Morgan fingerprint density at radius 2 is 1.83 bits per heavy atom. The predicted octanol–water partition coefficient (Wildman–Crippen LogP) is 1.32. The van der Waals surface area contributed by atoms with Gasteiger partial charge in [-0.15, -0.1) is 0 Å². The quantitative estimate of drug-likeness (QED) is 0.728. The average Bonchev–Trinajstić information content (AvgIpc) is 2.06. The maximum Gasteiger partial charge on any atom is 0.241 e. The third kappa shape index (κ3) is 2.75. The Morgan fingerprint density at radius 1 is 1.25 bits per heavy atom. The zero-order valence-corrected chi connectivity index (χ0v) is 7.98. The molecule has 0 fully saturated rings. The third-order valence-corrected chi connectivity index (χ3v) is 3.12. The Labute approximate surface area is 77.3 Å². The molecule has 0 saturated heterocycles. The fourth-order valence-corrected chi connectivity index (χ4v) is 1.47. The molecule has 1 aromatic carbocycles. The van der Waals surface area contributed by atoms with E-state index >= 15 is 0 Å². The zero-order chi connectivity index (χ0) is 9.03. The van der Waals surface area contributed by atoms with Gasteiger partial charge in [-0.2, -0.15) is 12.6 Å². The van der Waals surface area contributed by atoms with Gasteiger partial charge in [0, 0.05) is 5.69 Å². The molecule has 0 bridgehead atoms. The molecule has 0 saturated carbocycles. The van der Waals surface area contributed by atoms with Crippen molar-refractivity contribution >= 4 is 28.3 Å². The van der Waals surface area contributed by atoms with Crippen molar-refractivity contribution in [2.75, 3.05) is 9.81 Å². The Morgan fingerprint density at radius 3 is 2.33 bits per heavy atom. The van der Waals surface area contributed by atoms with E-state index in [1.54, 1.807) is 24.3 Å². The van der Waals surface area contributed by atoms with Gasteiger partial charge in [-0.05, 0) is 12.1 Å². The van der Waals surface area contributed by atoms with Crippen molar-refractivity contribution in [3.05, 3.63) is 30.3 Å². The van der Waals surface area contributed by atoms with E-state index in [2.05, 4.69) is 17.4 Å². The van der Waals surface area contributed by atoms with Gasteiger partial charge in [0.2, 0.25) is 10.0 Å². The summed E-state index contributed by atoms with van der Waals surface area (Å²) in [5, 5.41) is -0.206. The predicted molar refractivity (Wildman–Crippen MR) is 52.8 cm³/mol. The van der Waals surface area contributed by atoms with Gasteiger partial charge in [-0.3, -0.25) is 4.72 Å². The Balaban J connectivity index is 2.78. The van der Waals surface area contributed by atoms with Gasteiger partial charge >= 0.3 is 0 Å². The molecule has 0 radical (unpaired) electrons. The van der Waals surface area contributed by atoms with Gasteiger partial charge in [0.15, 0.2) is 0 Å². The second kappa shape index (κ2) is 3.82. The van der Waals surface area contributed by atoms with Crippen LogP contribution < -0.4 is 4.72 Å². The topological polar surface area (TPSA) is 46.2 Å². The van der Waals surface area contributed by atoms with Gasteiger partial charge < -0.3 is 0 Å². The number of rotatable bonds is 3. The molecular formula is C7H9NO2S2. The molecule has 0 aromatic heterocycles. The van der Waals surface area contributed by atoms with Crippen LogP contribution in [0, 0.1) is 0 Å². The van der Waals surface area contributed by atoms with Crippen LogP contribution in [0.3, 0.4) is 0 Å². The summed E-state index contributed by atoms with van der Waals surface area (Å²) >= 11 is 3.68. The lowest BCUT2D eigenvalue weighted by Crippen LogP contribution is -2.13. The monoisotopic (exact) mass is 203 g/mol. The average molecular weight is 203 g/mol. The molecule has 66 valence electrons. The Bertz CT molecular complexity index is 334. The number of para-hydroxylation sites is 1. The molecule has 0 heterocycles. The minimum Gasteiger partial charge on any atom is -0.283 e. The van der Waals surface area contributed by atoms with E-state index in [1.165, 1.54) is 0 Å². The highest BCUT2D eigenvalue weighted by Crippen LogP contribution is 2.07. The zero-order valence-electron chi connectivity index (χ0n) is 6.27. The fourth-order valence-electron chi connectivity index (χ4n) is 0.718. The molecule has 0 amide bonds. The molecule has 0 unspecified atom stereocenters. The Hall–Kier alpha value is -0.680. The molecule has 1 N–H and O–H groups in total. The van der Waals surface area contributed by atoms with Crippen molar-refractivity contribution in [2.24, 2.45) is 0 Å². The van der Waals surface area contributed by atoms with Gasteiger partial charge in [-0.25, -0.2) is 8.42 Å². The molecule has 12 heavy (non-hydrogen) atoms. The van der Waals surface area contributed by atoms with Gasteiger partial charge in [-0.1, -0.05) is 18.2 Å². The van der Waals surface area contributed by atoms with Gasteiger partial charge in [0.1, 0.15) is 5.08 Å². The number of hydrogen-bond donors (Lipinski definition) is 2. The van der Waals surface area contributed by atoms with E-state index in [9.17, 15) is 8.42 Å². The fraction of sp³-hybridized carbons (Fsp3) is 0.143. The molecule has 1 aromatic rings. The highest BCUT2D eigenvalue weighted by atomic mass is 32.3. The number of hydrogen-bond acceptors (Lipinski definition) is 3. The number of benzene rings is 1. The summed E-state index contributed by atoms with van der Waals surface area (Å²) in [7, 11) is -3.26. The highest BCUT2D eigenvalue weighted by Gasteiger charge is 2.05. The summed E-state index contributed by atoms with van der Waals surface area (Å²) < 4.78 is 24.3. The largest absolute Gasteiger partial charge is 0.283 e. The standard InChI is InChI=1S/C7H9NO2S2/c9-12(10,6-11)8-7-4-2-1-3-5-7/h1-5,8,11H,6H2. The van der Waals surface area contributed by atoms with Crippen molar-refractivity contribution < 1.29 is 8.42 Å². The van der Waals surface area contributed by atoms with Crippen LogP contribution in [0.25, 0.3) is 0 Å². The van der Waals surface area contributed by atoms with E-state index in [0.29, 0.717) is 5.69 Å². The molecule has 5 heteroatoms. The summed E-state index contributed by atoms with van der Waals surface area (Å²) in [4.78, 5) is 0. The van der Waals surface area contributed by atoms with E-state index in [1.807, 2.05) is 6.07 Å². The van der Waals surface area contributed by atoms with Crippen LogP contribution in [0.15, 0.2) is 30.3 Å². The third-order valence-electron chi connectivity index (χ3n) is 1.22. The summed E-state index contributed by atoms with van der Waals surface area (Å²) in [5.41, 5.74) is 0.562. The molecule has 3 nitrogen and oxygen atoms in total. The second-order valence-corrected chi connectivity index (χ2v) is 4.68. The minimum atomic E-state index is -3.26. The maximum atomic E-state index is 11.0. The highest BCUT2D eigenvalue weighted by molar-refractivity contribution is 8.04. The van der Waals surface area contributed by atoms with Crippen molar-refractivity contribution in [3.8, 4) is 0 Å². The van der Waals surface area contributed by atoms with Gasteiger partial charge in [0.25, 0.3) is 0 Å². The second-order valence-electron chi connectivity index (χ2n) is 2.21. The number of anilines is 1. The van der Waals surface area contributed by atoms with Gasteiger partial charge in [0.05, 0.1) is 0 Å². The lowest BCUT2D eigenvalue weighted by molar-refractivity contribution is 0.606. The van der Waals surface area contributed by atoms with E-state index in [-0.39, 0.29) is 5.08 Å². The summed E-state index contributed by atoms with van der Waals surface area (Å²) in [5.74, 6) is 0. The minimum absolute atomic E-state index is 0.206. The molecule has 0 atom stereocenters. The summed E-state index contributed by atoms with van der Waals surface area (Å²) in [6.07, 6.45) is 0. The molecule has 0 aliphatic heterocycles.